The lowest BCUT2D eigenvalue weighted by Crippen LogP contribution is -2.01. The van der Waals surface area contributed by atoms with Crippen molar-refractivity contribution in [3.8, 4) is 0 Å². The molecule has 0 amide bonds. The lowest BCUT2D eigenvalue weighted by atomic mass is 10.2. The topological polar surface area (TPSA) is 25.2 Å². The normalized spacial score (nSPS) is 10.9. The van der Waals surface area contributed by atoms with Gasteiger partial charge in [0.05, 0.1) is 12.8 Å². The van der Waals surface area contributed by atoms with Crippen molar-refractivity contribution in [1.82, 2.24) is 0 Å². The van der Waals surface area contributed by atoms with Crippen LogP contribution in [0, 0.1) is 6.92 Å². The molecule has 1 N–H and O–H groups in total. The van der Waals surface area contributed by atoms with Crippen molar-refractivity contribution in [3.05, 3.63) is 47.9 Å². The predicted molar refractivity (Wildman–Crippen MR) is 69.1 cm³/mol. The van der Waals surface area contributed by atoms with E-state index < -0.39 is 5.76 Å². The lowest BCUT2D eigenvalue weighted by molar-refractivity contribution is 0.252. The summed E-state index contributed by atoms with van der Waals surface area (Å²) < 4.78 is 30.1. The van der Waals surface area contributed by atoms with Gasteiger partial charge in [-0.1, -0.05) is 23.9 Å². The minimum Gasteiger partial charge on any atom is -0.467 e. The molecule has 0 fully saturated rings. The molecule has 18 heavy (non-hydrogen) atoms. The number of halogens is 2. The Morgan fingerprint density at radius 1 is 1.28 bits per heavy atom. The van der Waals surface area contributed by atoms with E-state index in [1.54, 1.807) is 24.5 Å². The fourth-order valence-electron chi connectivity index (χ4n) is 1.57. The predicted octanol–water partition coefficient (Wildman–Crippen LogP) is 4.51. The summed E-state index contributed by atoms with van der Waals surface area (Å²) in [4.78, 5) is 0.539. The molecule has 0 aliphatic heterocycles. The maximum Gasteiger partial charge on any atom is 0.288 e. The molecule has 0 atom stereocenters. The number of hydrogen-bond donors (Lipinski definition) is 1. The third-order valence-electron chi connectivity index (χ3n) is 2.51. The number of furan rings is 1. The number of benzene rings is 1. The quantitative estimate of drug-likeness (QED) is 0.808. The molecule has 1 aromatic carbocycles. The number of alkyl halides is 2. The van der Waals surface area contributed by atoms with Gasteiger partial charge < -0.3 is 9.73 Å². The second-order valence-corrected chi connectivity index (χ2v) is 4.79. The minimum atomic E-state index is -2.42. The van der Waals surface area contributed by atoms with Crippen LogP contribution in [0.5, 0.6) is 0 Å². The molecule has 2 aromatic rings. The number of rotatable bonds is 5. The smallest absolute Gasteiger partial charge is 0.288 e. The molecule has 0 saturated heterocycles. The highest BCUT2D eigenvalue weighted by atomic mass is 32.2. The fourth-order valence-corrected chi connectivity index (χ4v) is 2.19. The van der Waals surface area contributed by atoms with Crippen molar-refractivity contribution in [2.75, 3.05) is 5.32 Å². The highest BCUT2D eigenvalue weighted by Crippen LogP contribution is 2.31. The zero-order valence-electron chi connectivity index (χ0n) is 9.82. The molecular weight excluding hydrogens is 256 g/mol. The number of hydrogen-bond acceptors (Lipinski definition) is 3. The summed E-state index contributed by atoms with van der Waals surface area (Å²) in [5, 5.41) is 3.11. The van der Waals surface area contributed by atoms with Crippen molar-refractivity contribution in [1.29, 1.82) is 0 Å². The van der Waals surface area contributed by atoms with Crippen LogP contribution in [0.1, 0.15) is 11.3 Å². The zero-order valence-corrected chi connectivity index (χ0v) is 10.6. The Kier molecular flexibility index (Phi) is 4.25. The first-order chi connectivity index (χ1) is 8.66. The Labute approximate surface area is 108 Å². The van der Waals surface area contributed by atoms with Crippen molar-refractivity contribution < 1.29 is 13.2 Å². The summed E-state index contributed by atoms with van der Waals surface area (Å²) in [5.41, 5.74) is 1.74. The van der Waals surface area contributed by atoms with Crippen molar-refractivity contribution in [2.45, 2.75) is 24.1 Å². The molecule has 96 valence electrons. The van der Waals surface area contributed by atoms with Gasteiger partial charge in [0.15, 0.2) is 0 Å². The monoisotopic (exact) mass is 269 g/mol. The van der Waals surface area contributed by atoms with Crippen LogP contribution in [-0.2, 0) is 6.54 Å². The van der Waals surface area contributed by atoms with Crippen LogP contribution in [0.2, 0.25) is 0 Å². The van der Waals surface area contributed by atoms with Crippen LogP contribution in [0.15, 0.2) is 45.9 Å². The average molecular weight is 269 g/mol. The molecule has 2 rings (SSSR count). The molecule has 0 unspecified atom stereocenters. The Hall–Kier alpha value is -1.49. The van der Waals surface area contributed by atoms with Gasteiger partial charge in [-0.25, -0.2) is 0 Å². The summed E-state index contributed by atoms with van der Waals surface area (Å²) in [6.45, 7) is 2.43. The number of anilines is 1. The first kappa shape index (κ1) is 13.0. The minimum absolute atomic E-state index is 0.486. The third kappa shape index (κ3) is 3.26. The molecule has 0 radical (unpaired) electrons. The molecule has 1 aromatic heterocycles. The zero-order chi connectivity index (χ0) is 13.0. The Morgan fingerprint density at radius 2 is 2.06 bits per heavy atom. The molecule has 0 bridgehead atoms. The van der Waals surface area contributed by atoms with E-state index in [1.165, 1.54) is 0 Å². The highest BCUT2D eigenvalue weighted by molar-refractivity contribution is 7.99. The van der Waals surface area contributed by atoms with E-state index in [9.17, 15) is 8.78 Å². The highest BCUT2D eigenvalue weighted by Gasteiger charge is 2.10. The Bertz CT molecular complexity index is 513. The number of aryl methyl sites for hydroxylation is 1. The van der Waals surface area contributed by atoms with Crippen LogP contribution >= 0.6 is 11.8 Å². The average Bonchev–Trinajstić information content (AvgIpc) is 2.73. The van der Waals surface area contributed by atoms with E-state index in [0.717, 1.165) is 11.3 Å². The van der Waals surface area contributed by atoms with Gasteiger partial charge in [0.1, 0.15) is 5.76 Å². The van der Waals surface area contributed by atoms with Gasteiger partial charge in [-0.3, -0.25) is 0 Å². The Balaban J connectivity index is 2.07. The van der Waals surface area contributed by atoms with E-state index in [4.69, 9.17) is 4.42 Å². The van der Waals surface area contributed by atoms with Gasteiger partial charge in [-0.05, 0) is 30.7 Å². The summed E-state index contributed by atoms with van der Waals surface area (Å²) in [5.74, 6) is -1.61. The first-order valence-electron chi connectivity index (χ1n) is 5.47. The summed E-state index contributed by atoms with van der Waals surface area (Å²) >= 11 is 0.540. The number of nitrogens with one attached hydrogen (secondary N) is 1. The van der Waals surface area contributed by atoms with E-state index in [0.29, 0.717) is 28.9 Å². The van der Waals surface area contributed by atoms with Gasteiger partial charge in [-0.15, -0.1) is 0 Å². The molecule has 0 aliphatic carbocycles. The summed E-state index contributed by atoms with van der Waals surface area (Å²) in [6, 6.07) is 8.88. The van der Waals surface area contributed by atoms with E-state index in [2.05, 4.69) is 5.32 Å². The number of thioether (sulfide) groups is 1. The number of para-hydroxylation sites is 1. The van der Waals surface area contributed by atoms with Crippen LogP contribution in [0.3, 0.4) is 0 Å². The van der Waals surface area contributed by atoms with Gasteiger partial charge in [0.2, 0.25) is 0 Å². The molecule has 1 heterocycles. The van der Waals surface area contributed by atoms with Crippen molar-refractivity contribution >= 4 is 17.4 Å². The van der Waals surface area contributed by atoms with Crippen LogP contribution in [-0.4, -0.2) is 5.76 Å². The fraction of sp³-hybridized carbons (Fsp3) is 0.231. The second kappa shape index (κ2) is 5.91. The van der Waals surface area contributed by atoms with Crippen LogP contribution in [0.4, 0.5) is 14.5 Å². The molecule has 0 spiro atoms. The van der Waals surface area contributed by atoms with Crippen molar-refractivity contribution in [2.24, 2.45) is 0 Å². The SMILES string of the molecule is Cc1ccoc1CNc1ccccc1SC(F)F. The van der Waals surface area contributed by atoms with E-state index >= 15 is 0 Å². The van der Waals surface area contributed by atoms with E-state index in [-0.39, 0.29) is 0 Å². The van der Waals surface area contributed by atoms with Crippen LogP contribution < -0.4 is 5.32 Å². The molecule has 0 saturated carbocycles. The van der Waals surface area contributed by atoms with E-state index in [1.807, 2.05) is 19.1 Å². The Morgan fingerprint density at radius 3 is 2.72 bits per heavy atom. The molecule has 0 aliphatic rings. The standard InChI is InChI=1S/C13H13F2NOS/c1-9-6-7-17-11(9)8-16-10-4-2-3-5-12(10)18-13(14)15/h2-7,13,16H,8H2,1H3. The second-order valence-electron chi connectivity index (χ2n) is 3.76. The van der Waals surface area contributed by atoms with Gasteiger partial charge in [0, 0.05) is 10.6 Å². The lowest BCUT2D eigenvalue weighted by Gasteiger charge is -2.10. The third-order valence-corrected chi connectivity index (χ3v) is 3.30. The molecular formula is C13H13F2NOS. The van der Waals surface area contributed by atoms with Gasteiger partial charge in [-0.2, -0.15) is 8.78 Å². The maximum absolute atomic E-state index is 12.4. The first-order valence-corrected chi connectivity index (χ1v) is 6.35. The molecule has 5 heteroatoms. The summed E-state index contributed by atoms with van der Waals surface area (Å²) in [6.07, 6.45) is 1.62. The van der Waals surface area contributed by atoms with Gasteiger partial charge in [0.25, 0.3) is 5.76 Å². The largest absolute Gasteiger partial charge is 0.467 e. The summed E-state index contributed by atoms with van der Waals surface area (Å²) in [7, 11) is 0. The van der Waals surface area contributed by atoms with Crippen LogP contribution in [0.25, 0.3) is 0 Å². The van der Waals surface area contributed by atoms with Gasteiger partial charge >= 0.3 is 0 Å². The van der Waals surface area contributed by atoms with Crippen molar-refractivity contribution in [3.63, 3.8) is 0 Å². The maximum atomic E-state index is 12.4. The molecule has 2 nitrogen and oxygen atoms in total.